The molecular formula is C19H19N3OS. The fourth-order valence-electron chi connectivity index (χ4n) is 2.45. The van der Waals surface area contributed by atoms with Crippen molar-refractivity contribution in [2.45, 2.75) is 24.9 Å². The number of aryl methyl sites for hydroxylation is 1. The van der Waals surface area contributed by atoms with E-state index in [1.54, 1.807) is 0 Å². The van der Waals surface area contributed by atoms with Gasteiger partial charge in [0.2, 0.25) is 5.91 Å². The first-order valence-electron chi connectivity index (χ1n) is 7.84. The van der Waals surface area contributed by atoms with Crippen molar-refractivity contribution in [1.29, 1.82) is 0 Å². The summed E-state index contributed by atoms with van der Waals surface area (Å²) in [4.78, 5) is 21.3. The van der Waals surface area contributed by atoms with Crippen LogP contribution in [0.25, 0.3) is 11.0 Å². The zero-order chi connectivity index (χ0) is 16.9. The van der Waals surface area contributed by atoms with Gasteiger partial charge < -0.3 is 5.32 Å². The molecule has 1 heterocycles. The molecule has 0 spiro atoms. The molecule has 3 rings (SSSR count). The summed E-state index contributed by atoms with van der Waals surface area (Å²) in [6.45, 7) is 3.91. The van der Waals surface area contributed by atoms with Gasteiger partial charge in [0.25, 0.3) is 0 Å². The summed E-state index contributed by atoms with van der Waals surface area (Å²) in [5, 5.41) is 3.82. The van der Waals surface area contributed by atoms with Gasteiger partial charge in [-0.05, 0) is 31.5 Å². The Labute approximate surface area is 145 Å². The SMILES string of the molecule is Cc1nc2ccccc2nc1SCC(=O)NC(C)c1ccccc1. The first-order chi connectivity index (χ1) is 11.6. The lowest BCUT2D eigenvalue weighted by Gasteiger charge is -2.14. The largest absolute Gasteiger partial charge is 0.349 e. The third kappa shape index (κ3) is 3.92. The highest BCUT2D eigenvalue weighted by Crippen LogP contribution is 2.22. The fourth-order valence-corrected chi connectivity index (χ4v) is 3.22. The van der Waals surface area contributed by atoms with Crippen LogP contribution in [0.2, 0.25) is 0 Å². The van der Waals surface area contributed by atoms with Crippen LogP contribution >= 0.6 is 11.8 Å². The number of benzene rings is 2. The van der Waals surface area contributed by atoms with Crippen LogP contribution in [0.3, 0.4) is 0 Å². The molecule has 4 nitrogen and oxygen atoms in total. The number of hydrogen-bond acceptors (Lipinski definition) is 4. The van der Waals surface area contributed by atoms with E-state index in [9.17, 15) is 4.79 Å². The fraction of sp³-hybridized carbons (Fsp3) is 0.211. The second-order valence-corrected chi connectivity index (χ2v) is 6.56. The Kier molecular flexibility index (Phi) is 5.11. The molecule has 0 saturated carbocycles. The summed E-state index contributed by atoms with van der Waals surface area (Å²) in [5.74, 6) is 0.316. The molecule has 2 aromatic carbocycles. The molecule has 24 heavy (non-hydrogen) atoms. The number of nitrogens with zero attached hydrogens (tertiary/aromatic N) is 2. The van der Waals surface area contributed by atoms with Gasteiger partial charge >= 0.3 is 0 Å². The molecule has 1 atom stereocenters. The quantitative estimate of drug-likeness (QED) is 0.717. The van der Waals surface area contributed by atoms with Crippen molar-refractivity contribution in [3.8, 4) is 0 Å². The Morgan fingerprint density at radius 2 is 1.67 bits per heavy atom. The number of rotatable bonds is 5. The predicted octanol–water partition coefficient (Wildman–Crippen LogP) is 3.91. The van der Waals surface area contributed by atoms with E-state index in [1.807, 2.05) is 68.4 Å². The highest BCUT2D eigenvalue weighted by Gasteiger charge is 2.12. The van der Waals surface area contributed by atoms with Crippen LogP contribution in [0.4, 0.5) is 0 Å². The molecule has 1 amide bonds. The van der Waals surface area contributed by atoms with Crippen molar-refractivity contribution in [3.05, 3.63) is 65.9 Å². The third-order valence-corrected chi connectivity index (χ3v) is 4.79. The Morgan fingerprint density at radius 1 is 1.04 bits per heavy atom. The van der Waals surface area contributed by atoms with Gasteiger partial charge in [-0.1, -0.05) is 54.2 Å². The van der Waals surface area contributed by atoms with Crippen molar-refractivity contribution < 1.29 is 4.79 Å². The molecule has 1 unspecified atom stereocenters. The minimum Gasteiger partial charge on any atom is -0.349 e. The maximum Gasteiger partial charge on any atom is 0.230 e. The van der Waals surface area contributed by atoms with Gasteiger partial charge in [0, 0.05) is 0 Å². The molecule has 122 valence electrons. The van der Waals surface area contributed by atoms with E-state index in [0.717, 1.165) is 27.3 Å². The standard InChI is InChI=1S/C19H19N3OS/c1-13(15-8-4-3-5-9-15)21-18(23)12-24-19-14(2)20-16-10-6-7-11-17(16)22-19/h3-11,13H,12H2,1-2H3,(H,21,23). The number of thioether (sulfide) groups is 1. The predicted molar refractivity (Wildman–Crippen MR) is 98.0 cm³/mol. The van der Waals surface area contributed by atoms with Crippen molar-refractivity contribution in [3.63, 3.8) is 0 Å². The van der Waals surface area contributed by atoms with Gasteiger partial charge in [-0.15, -0.1) is 0 Å². The second-order valence-electron chi connectivity index (χ2n) is 5.59. The Morgan fingerprint density at radius 3 is 2.38 bits per heavy atom. The van der Waals surface area contributed by atoms with Crippen LogP contribution in [0, 0.1) is 6.92 Å². The molecule has 0 fully saturated rings. The molecule has 0 saturated heterocycles. The Bertz CT molecular complexity index is 852. The first kappa shape index (κ1) is 16.5. The lowest BCUT2D eigenvalue weighted by atomic mass is 10.1. The van der Waals surface area contributed by atoms with E-state index in [0.29, 0.717) is 5.75 Å². The lowest BCUT2D eigenvalue weighted by molar-refractivity contribution is -0.119. The Balaban J connectivity index is 1.63. The highest BCUT2D eigenvalue weighted by atomic mass is 32.2. The van der Waals surface area contributed by atoms with Gasteiger partial charge in [-0.25, -0.2) is 9.97 Å². The minimum absolute atomic E-state index is 0.00860. The number of amides is 1. The van der Waals surface area contributed by atoms with Gasteiger partial charge in [0.15, 0.2) is 0 Å². The van der Waals surface area contributed by atoms with Crippen LogP contribution < -0.4 is 5.32 Å². The van der Waals surface area contributed by atoms with Gasteiger partial charge in [-0.2, -0.15) is 0 Å². The molecule has 0 aliphatic rings. The van der Waals surface area contributed by atoms with E-state index in [2.05, 4.69) is 15.3 Å². The summed E-state index contributed by atoms with van der Waals surface area (Å²) in [7, 11) is 0. The summed E-state index contributed by atoms with van der Waals surface area (Å²) >= 11 is 1.42. The second kappa shape index (κ2) is 7.45. The van der Waals surface area contributed by atoms with E-state index in [1.165, 1.54) is 11.8 Å². The summed E-state index contributed by atoms with van der Waals surface area (Å²) < 4.78 is 0. The van der Waals surface area contributed by atoms with Crippen LogP contribution in [0.15, 0.2) is 59.6 Å². The number of fused-ring (bicyclic) bond motifs is 1. The lowest BCUT2D eigenvalue weighted by Crippen LogP contribution is -2.28. The van der Waals surface area contributed by atoms with Gasteiger partial charge in [0.05, 0.1) is 28.5 Å². The smallest absolute Gasteiger partial charge is 0.230 e. The average Bonchev–Trinajstić information content (AvgIpc) is 2.60. The highest BCUT2D eigenvalue weighted by molar-refractivity contribution is 7.99. The van der Waals surface area contributed by atoms with E-state index < -0.39 is 0 Å². The van der Waals surface area contributed by atoms with Crippen molar-refractivity contribution in [2.75, 3.05) is 5.75 Å². The molecule has 1 N–H and O–H groups in total. The zero-order valence-electron chi connectivity index (χ0n) is 13.7. The van der Waals surface area contributed by atoms with Crippen LogP contribution in [-0.2, 0) is 4.79 Å². The maximum atomic E-state index is 12.2. The average molecular weight is 337 g/mol. The molecule has 0 radical (unpaired) electrons. The topological polar surface area (TPSA) is 54.9 Å². The van der Waals surface area contributed by atoms with E-state index in [4.69, 9.17) is 0 Å². The van der Waals surface area contributed by atoms with Gasteiger partial charge in [0.1, 0.15) is 5.03 Å². The monoisotopic (exact) mass is 337 g/mol. The molecule has 3 aromatic rings. The maximum absolute atomic E-state index is 12.2. The van der Waals surface area contributed by atoms with E-state index in [-0.39, 0.29) is 11.9 Å². The summed E-state index contributed by atoms with van der Waals surface area (Å²) in [6.07, 6.45) is 0. The van der Waals surface area contributed by atoms with Crippen LogP contribution in [0.1, 0.15) is 24.2 Å². The molecule has 5 heteroatoms. The van der Waals surface area contributed by atoms with Gasteiger partial charge in [-0.3, -0.25) is 4.79 Å². The molecule has 1 aromatic heterocycles. The molecule has 0 aliphatic carbocycles. The third-order valence-electron chi connectivity index (χ3n) is 3.72. The minimum atomic E-state index is -0.0110. The number of aromatic nitrogens is 2. The number of nitrogens with one attached hydrogen (secondary N) is 1. The number of carbonyl (C=O) groups is 1. The number of carbonyl (C=O) groups excluding carboxylic acids is 1. The van der Waals surface area contributed by atoms with Crippen molar-refractivity contribution in [1.82, 2.24) is 15.3 Å². The number of hydrogen-bond donors (Lipinski definition) is 1. The first-order valence-corrected chi connectivity index (χ1v) is 8.82. The molecular weight excluding hydrogens is 318 g/mol. The molecule has 0 bridgehead atoms. The summed E-state index contributed by atoms with van der Waals surface area (Å²) in [5.41, 5.74) is 3.67. The van der Waals surface area contributed by atoms with Crippen molar-refractivity contribution in [2.24, 2.45) is 0 Å². The van der Waals surface area contributed by atoms with Crippen LogP contribution in [-0.4, -0.2) is 21.6 Å². The van der Waals surface area contributed by atoms with Crippen molar-refractivity contribution >= 4 is 28.7 Å². The zero-order valence-corrected chi connectivity index (χ0v) is 14.5. The normalized spacial score (nSPS) is 12.1. The number of para-hydroxylation sites is 2. The van der Waals surface area contributed by atoms with E-state index >= 15 is 0 Å². The van der Waals surface area contributed by atoms with Crippen LogP contribution in [0.5, 0.6) is 0 Å². The summed E-state index contributed by atoms with van der Waals surface area (Å²) in [6, 6.07) is 17.7. The Hall–Kier alpha value is -2.40. The molecule has 0 aliphatic heterocycles.